The number of pyridine rings is 1. The van der Waals surface area contributed by atoms with Gasteiger partial charge >= 0.3 is 0 Å². The predicted octanol–water partition coefficient (Wildman–Crippen LogP) is 2.43. The molecule has 0 N–H and O–H groups in total. The summed E-state index contributed by atoms with van der Waals surface area (Å²) >= 11 is 11.2. The quantitative estimate of drug-likeness (QED) is 0.633. The molecule has 6 heteroatoms. The SMILES string of the molecule is O=C(Cl)c1cc(CCCl)nn1-c1ccccn1. The highest BCUT2D eigenvalue weighted by atomic mass is 35.5. The van der Waals surface area contributed by atoms with Gasteiger partial charge in [0.25, 0.3) is 5.24 Å². The molecule has 2 rings (SSSR count). The van der Waals surface area contributed by atoms with Gasteiger partial charge in [-0.2, -0.15) is 5.10 Å². The maximum Gasteiger partial charge on any atom is 0.271 e. The maximum atomic E-state index is 11.3. The molecule has 2 aromatic heterocycles. The minimum Gasteiger partial charge on any atom is -0.274 e. The van der Waals surface area contributed by atoms with E-state index in [1.165, 1.54) is 4.68 Å². The first-order chi connectivity index (χ1) is 8.22. The summed E-state index contributed by atoms with van der Waals surface area (Å²) in [5.41, 5.74) is 1.01. The number of hydrogen-bond donors (Lipinski definition) is 0. The van der Waals surface area contributed by atoms with Gasteiger partial charge in [-0.3, -0.25) is 4.79 Å². The Morgan fingerprint density at radius 3 is 2.82 bits per heavy atom. The van der Waals surface area contributed by atoms with Crippen LogP contribution in [0.2, 0.25) is 0 Å². The van der Waals surface area contributed by atoms with Crippen molar-refractivity contribution in [1.82, 2.24) is 14.8 Å². The lowest BCUT2D eigenvalue weighted by molar-refractivity contribution is 0.107. The zero-order valence-electron chi connectivity index (χ0n) is 8.81. The molecule has 4 nitrogen and oxygen atoms in total. The van der Waals surface area contributed by atoms with E-state index in [0.717, 1.165) is 5.69 Å². The van der Waals surface area contributed by atoms with Crippen LogP contribution in [-0.4, -0.2) is 25.9 Å². The molecule has 88 valence electrons. The van der Waals surface area contributed by atoms with Gasteiger partial charge in [-0.1, -0.05) is 6.07 Å². The summed E-state index contributed by atoms with van der Waals surface area (Å²) in [6.07, 6.45) is 2.21. The van der Waals surface area contributed by atoms with Crippen molar-refractivity contribution in [2.24, 2.45) is 0 Å². The Kier molecular flexibility index (Phi) is 3.76. The first-order valence-electron chi connectivity index (χ1n) is 4.98. The van der Waals surface area contributed by atoms with Crippen LogP contribution in [0.1, 0.15) is 16.2 Å². The van der Waals surface area contributed by atoms with Crippen molar-refractivity contribution in [2.75, 3.05) is 5.88 Å². The Morgan fingerprint density at radius 1 is 1.41 bits per heavy atom. The van der Waals surface area contributed by atoms with Crippen LogP contribution in [0.5, 0.6) is 0 Å². The third kappa shape index (κ3) is 2.65. The lowest BCUT2D eigenvalue weighted by atomic mass is 10.3. The van der Waals surface area contributed by atoms with Crippen molar-refractivity contribution in [3.05, 3.63) is 41.9 Å². The fraction of sp³-hybridized carbons (Fsp3) is 0.182. The molecule has 0 saturated heterocycles. The normalized spacial score (nSPS) is 10.5. The van der Waals surface area contributed by atoms with E-state index < -0.39 is 5.24 Å². The van der Waals surface area contributed by atoms with Gasteiger partial charge in [0.1, 0.15) is 5.69 Å². The van der Waals surface area contributed by atoms with Crippen LogP contribution >= 0.6 is 23.2 Å². The maximum absolute atomic E-state index is 11.3. The lowest BCUT2D eigenvalue weighted by Gasteiger charge is -2.01. The monoisotopic (exact) mass is 269 g/mol. The summed E-state index contributed by atoms with van der Waals surface area (Å²) < 4.78 is 1.43. The number of aryl methyl sites for hydroxylation is 1. The van der Waals surface area contributed by atoms with Crippen molar-refractivity contribution >= 4 is 28.4 Å². The molecule has 0 bridgehead atoms. The highest BCUT2D eigenvalue weighted by molar-refractivity contribution is 6.67. The molecule has 0 fully saturated rings. The lowest BCUT2D eigenvalue weighted by Crippen LogP contribution is -2.06. The van der Waals surface area contributed by atoms with E-state index in [1.807, 2.05) is 6.07 Å². The molecule has 0 atom stereocenters. The van der Waals surface area contributed by atoms with Crippen molar-refractivity contribution in [3.8, 4) is 5.82 Å². The van der Waals surface area contributed by atoms with Gasteiger partial charge in [-0.25, -0.2) is 9.67 Å². The molecule has 2 aromatic rings. The fourth-order valence-corrected chi connectivity index (χ4v) is 1.77. The van der Waals surface area contributed by atoms with E-state index in [0.29, 0.717) is 23.8 Å². The van der Waals surface area contributed by atoms with Crippen molar-refractivity contribution in [2.45, 2.75) is 6.42 Å². The van der Waals surface area contributed by atoms with Gasteiger partial charge in [-0.15, -0.1) is 11.6 Å². The largest absolute Gasteiger partial charge is 0.274 e. The van der Waals surface area contributed by atoms with Crippen LogP contribution in [0.25, 0.3) is 5.82 Å². The average Bonchev–Trinajstić information content (AvgIpc) is 2.75. The number of nitrogens with zero attached hydrogens (tertiary/aromatic N) is 3. The summed E-state index contributed by atoms with van der Waals surface area (Å²) in [7, 11) is 0. The Bertz CT molecular complexity index is 525. The summed E-state index contributed by atoms with van der Waals surface area (Å²) in [5.74, 6) is 0.993. The van der Waals surface area contributed by atoms with Gasteiger partial charge < -0.3 is 0 Å². The second kappa shape index (κ2) is 5.29. The molecule has 0 aliphatic carbocycles. The van der Waals surface area contributed by atoms with Crippen LogP contribution in [0.4, 0.5) is 0 Å². The third-order valence-electron chi connectivity index (χ3n) is 2.18. The zero-order valence-corrected chi connectivity index (χ0v) is 10.3. The zero-order chi connectivity index (χ0) is 12.3. The standard InChI is InChI=1S/C11H9Cl2N3O/c12-5-4-8-7-9(11(13)17)16(15-8)10-3-1-2-6-14-10/h1-3,6-7H,4-5H2. The first kappa shape index (κ1) is 12.1. The average molecular weight is 270 g/mol. The molecule has 0 aliphatic heterocycles. The van der Waals surface area contributed by atoms with Gasteiger partial charge in [0.2, 0.25) is 0 Å². The van der Waals surface area contributed by atoms with E-state index in [-0.39, 0.29) is 0 Å². The first-order valence-corrected chi connectivity index (χ1v) is 5.90. The van der Waals surface area contributed by atoms with Gasteiger partial charge in [0.15, 0.2) is 5.82 Å². The second-order valence-corrected chi connectivity index (χ2v) is 4.05. The van der Waals surface area contributed by atoms with E-state index >= 15 is 0 Å². The van der Waals surface area contributed by atoms with E-state index in [2.05, 4.69) is 10.1 Å². The third-order valence-corrected chi connectivity index (χ3v) is 2.56. The van der Waals surface area contributed by atoms with Crippen LogP contribution < -0.4 is 0 Å². The van der Waals surface area contributed by atoms with Crippen LogP contribution in [-0.2, 0) is 6.42 Å². The predicted molar refractivity (Wildman–Crippen MR) is 66.0 cm³/mol. The summed E-state index contributed by atoms with van der Waals surface area (Å²) in [6.45, 7) is 0. The summed E-state index contributed by atoms with van der Waals surface area (Å²) in [6, 6.07) is 6.98. The van der Waals surface area contributed by atoms with Gasteiger partial charge in [-0.05, 0) is 29.8 Å². The molecule has 17 heavy (non-hydrogen) atoms. The number of alkyl halides is 1. The number of hydrogen-bond acceptors (Lipinski definition) is 3. The van der Waals surface area contributed by atoms with E-state index in [9.17, 15) is 4.79 Å². The number of carbonyl (C=O) groups is 1. The molecular formula is C11H9Cl2N3O. The van der Waals surface area contributed by atoms with Gasteiger partial charge in [0, 0.05) is 18.5 Å². The number of carbonyl (C=O) groups excluding carboxylic acids is 1. The van der Waals surface area contributed by atoms with Crippen LogP contribution in [0, 0.1) is 0 Å². The molecule has 2 heterocycles. The highest BCUT2D eigenvalue weighted by Gasteiger charge is 2.14. The molecule has 0 aromatic carbocycles. The Balaban J connectivity index is 2.48. The molecule has 0 amide bonds. The minimum absolute atomic E-state index is 0.297. The molecule has 0 unspecified atom stereocenters. The molecular weight excluding hydrogens is 261 g/mol. The number of halogens is 2. The fourth-order valence-electron chi connectivity index (χ4n) is 1.44. The van der Waals surface area contributed by atoms with Crippen molar-refractivity contribution < 1.29 is 4.79 Å². The number of aromatic nitrogens is 3. The minimum atomic E-state index is -0.566. The van der Waals surface area contributed by atoms with E-state index in [4.69, 9.17) is 23.2 Å². The summed E-state index contributed by atoms with van der Waals surface area (Å²) in [5, 5.41) is 3.69. The smallest absolute Gasteiger partial charge is 0.271 e. The summed E-state index contributed by atoms with van der Waals surface area (Å²) in [4.78, 5) is 15.4. The number of rotatable bonds is 4. The van der Waals surface area contributed by atoms with Crippen LogP contribution in [0.3, 0.4) is 0 Å². The topological polar surface area (TPSA) is 47.8 Å². The van der Waals surface area contributed by atoms with E-state index in [1.54, 1.807) is 24.4 Å². The Morgan fingerprint density at radius 2 is 2.24 bits per heavy atom. The second-order valence-electron chi connectivity index (χ2n) is 3.33. The Labute approximate surface area is 108 Å². The molecule has 0 spiro atoms. The van der Waals surface area contributed by atoms with Gasteiger partial charge in [0.05, 0.1) is 5.69 Å². The van der Waals surface area contributed by atoms with Crippen LogP contribution in [0.15, 0.2) is 30.5 Å². The molecule has 0 radical (unpaired) electrons. The molecule has 0 saturated carbocycles. The highest BCUT2D eigenvalue weighted by Crippen LogP contribution is 2.13. The molecule has 0 aliphatic rings. The van der Waals surface area contributed by atoms with Crippen molar-refractivity contribution in [1.29, 1.82) is 0 Å². The van der Waals surface area contributed by atoms with Crippen molar-refractivity contribution in [3.63, 3.8) is 0 Å². The Hall–Kier alpha value is -1.39.